The van der Waals surface area contributed by atoms with E-state index in [4.69, 9.17) is 5.73 Å². The van der Waals surface area contributed by atoms with Crippen molar-refractivity contribution in [2.75, 3.05) is 11.4 Å². The summed E-state index contributed by atoms with van der Waals surface area (Å²) in [6.07, 6.45) is -1.91. The molecule has 0 saturated carbocycles. The van der Waals surface area contributed by atoms with Gasteiger partial charge in [-0.1, -0.05) is 0 Å². The van der Waals surface area contributed by atoms with E-state index < -0.39 is 17.6 Å². The van der Waals surface area contributed by atoms with E-state index in [1.165, 1.54) is 0 Å². The molecular formula is C13H16F3N3O. The summed E-state index contributed by atoms with van der Waals surface area (Å²) in [4.78, 5) is 17.0. The first-order valence-electron chi connectivity index (χ1n) is 6.38. The molecule has 2 rings (SSSR count). The summed E-state index contributed by atoms with van der Waals surface area (Å²) in [5, 5.41) is 0. The SMILES string of the molecule is C[C@@H]1CC[C@@H](C(N)=O)CN1c1cc(C(F)(F)F)ccn1. The summed E-state index contributed by atoms with van der Waals surface area (Å²) in [7, 11) is 0. The largest absolute Gasteiger partial charge is 0.416 e. The van der Waals surface area contributed by atoms with Crippen LogP contribution in [0.2, 0.25) is 0 Å². The van der Waals surface area contributed by atoms with E-state index in [2.05, 4.69) is 4.98 Å². The van der Waals surface area contributed by atoms with Gasteiger partial charge in [-0.3, -0.25) is 4.79 Å². The average molecular weight is 287 g/mol. The van der Waals surface area contributed by atoms with Crippen molar-refractivity contribution in [2.45, 2.75) is 32.0 Å². The minimum Gasteiger partial charge on any atom is -0.369 e. The molecule has 1 fully saturated rings. The van der Waals surface area contributed by atoms with E-state index in [1.54, 1.807) is 4.90 Å². The Balaban J connectivity index is 2.27. The highest BCUT2D eigenvalue weighted by atomic mass is 19.4. The number of amides is 1. The normalized spacial score (nSPS) is 23.7. The number of carbonyl (C=O) groups is 1. The predicted molar refractivity (Wildman–Crippen MR) is 68.0 cm³/mol. The van der Waals surface area contributed by atoms with Crippen LogP contribution in [0.3, 0.4) is 0 Å². The molecule has 1 aliphatic heterocycles. The Morgan fingerprint density at radius 2 is 2.15 bits per heavy atom. The van der Waals surface area contributed by atoms with Crippen LogP contribution in [-0.2, 0) is 11.0 Å². The number of nitrogens with two attached hydrogens (primary N) is 1. The summed E-state index contributed by atoms with van der Waals surface area (Å²) >= 11 is 0. The zero-order valence-corrected chi connectivity index (χ0v) is 11.0. The maximum absolute atomic E-state index is 12.7. The van der Waals surface area contributed by atoms with Crippen molar-refractivity contribution in [3.05, 3.63) is 23.9 Å². The number of hydrogen-bond donors (Lipinski definition) is 1. The van der Waals surface area contributed by atoms with Gasteiger partial charge in [-0.05, 0) is 31.9 Å². The molecule has 1 aromatic rings. The van der Waals surface area contributed by atoms with Crippen LogP contribution >= 0.6 is 0 Å². The van der Waals surface area contributed by atoms with E-state index in [0.717, 1.165) is 18.3 Å². The lowest BCUT2D eigenvalue weighted by atomic mass is 9.93. The van der Waals surface area contributed by atoms with E-state index in [0.29, 0.717) is 19.4 Å². The summed E-state index contributed by atoms with van der Waals surface area (Å²) in [6, 6.07) is 1.98. The van der Waals surface area contributed by atoms with E-state index in [1.807, 2.05) is 6.92 Å². The fourth-order valence-electron chi connectivity index (χ4n) is 2.41. The number of carbonyl (C=O) groups excluding carboxylic acids is 1. The van der Waals surface area contributed by atoms with E-state index in [-0.39, 0.29) is 17.8 Å². The standard InChI is InChI=1S/C13H16F3N3O/c1-8-2-3-9(12(17)20)7-19(8)11-6-10(4-5-18-11)13(14,15)16/h4-6,8-9H,2-3,7H2,1H3,(H2,17,20)/t8-,9-/m1/s1. The molecule has 1 saturated heterocycles. The van der Waals surface area contributed by atoms with Crippen LogP contribution in [0.25, 0.3) is 0 Å². The van der Waals surface area contributed by atoms with Crippen LogP contribution in [0.5, 0.6) is 0 Å². The van der Waals surface area contributed by atoms with Gasteiger partial charge in [0.2, 0.25) is 5.91 Å². The molecule has 110 valence electrons. The lowest BCUT2D eigenvalue weighted by molar-refractivity contribution is -0.137. The molecule has 2 atom stereocenters. The number of pyridine rings is 1. The summed E-state index contributed by atoms with van der Waals surface area (Å²) < 4.78 is 38.2. The molecule has 2 N–H and O–H groups in total. The van der Waals surface area contributed by atoms with Gasteiger partial charge < -0.3 is 10.6 Å². The van der Waals surface area contributed by atoms with Gasteiger partial charge >= 0.3 is 6.18 Å². The van der Waals surface area contributed by atoms with Gasteiger partial charge in [-0.25, -0.2) is 4.98 Å². The van der Waals surface area contributed by atoms with E-state index >= 15 is 0 Å². The van der Waals surface area contributed by atoms with Gasteiger partial charge in [0.1, 0.15) is 5.82 Å². The molecule has 4 nitrogen and oxygen atoms in total. The molecule has 0 aliphatic carbocycles. The third kappa shape index (κ3) is 3.02. The second-order valence-electron chi connectivity index (χ2n) is 5.08. The van der Waals surface area contributed by atoms with Gasteiger partial charge in [0.15, 0.2) is 0 Å². The molecule has 2 heterocycles. The van der Waals surface area contributed by atoms with Crippen molar-refractivity contribution < 1.29 is 18.0 Å². The smallest absolute Gasteiger partial charge is 0.369 e. The Kier molecular flexibility index (Phi) is 3.87. The predicted octanol–water partition coefficient (Wildman–Crippen LogP) is 2.19. The Hall–Kier alpha value is -1.79. The van der Waals surface area contributed by atoms with E-state index in [9.17, 15) is 18.0 Å². The quantitative estimate of drug-likeness (QED) is 0.907. The third-order valence-electron chi connectivity index (χ3n) is 3.65. The summed E-state index contributed by atoms with van der Waals surface area (Å²) in [5.41, 5.74) is 4.55. The second kappa shape index (κ2) is 5.30. The number of piperidine rings is 1. The zero-order valence-electron chi connectivity index (χ0n) is 11.0. The molecule has 1 aromatic heterocycles. The highest BCUT2D eigenvalue weighted by Gasteiger charge is 2.33. The number of rotatable bonds is 2. The number of hydrogen-bond acceptors (Lipinski definition) is 3. The Bertz CT molecular complexity index is 504. The number of nitrogens with zero attached hydrogens (tertiary/aromatic N) is 2. The third-order valence-corrected chi connectivity index (χ3v) is 3.65. The second-order valence-corrected chi connectivity index (χ2v) is 5.08. The number of anilines is 1. The highest BCUT2D eigenvalue weighted by molar-refractivity contribution is 5.77. The molecule has 0 unspecified atom stereocenters. The van der Waals surface area contributed by atoms with Crippen LogP contribution in [0.1, 0.15) is 25.3 Å². The fraction of sp³-hybridized carbons (Fsp3) is 0.538. The van der Waals surface area contributed by atoms with Gasteiger partial charge in [-0.2, -0.15) is 13.2 Å². The molecular weight excluding hydrogens is 271 g/mol. The van der Waals surface area contributed by atoms with Crippen molar-refractivity contribution >= 4 is 11.7 Å². The van der Waals surface area contributed by atoms with Crippen LogP contribution in [0.4, 0.5) is 19.0 Å². The molecule has 7 heteroatoms. The van der Waals surface area contributed by atoms with Crippen LogP contribution in [-0.4, -0.2) is 23.5 Å². The van der Waals surface area contributed by atoms with Crippen molar-refractivity contribution in [1.29, 1.82) is 0 Å². The minimum absolute atomic E-state index is 0.0292. The lowest BCUT2D eigenvalue weighted by Gasteiger charge is -2.37. The molecule has 0 bridgehead atoms. The number of aromatic nitrogens is 1. The van der Waals surface area contributed by atoms with Gasteiger partial charge in [0, 0.05) is 18.8 Å². The van der Waals surface area contributed by atoms with Crippen LogP contribution < -0.4 is 10.6 Å². The van der Waals surface area contributed by atoms with Gasteiger partial charge in [0.25, 0.3) is 0 Å². The molecule has 1 aliphatic rings. The maximum atomic E-state index is 12.7. The first kappa shape index (κ1) is 14.6. The summed E-state index contributed by atoms with van der Waals surface area (Å²) in [5.74, 6) is -0.533. The molecule has 1 amide bonds. The lowest BCUT2D eigenvalue weighted by Crippen LogP contribution is -2.46. The number of primary amides is 1. The highest BCUT2D eigenvalue weighted by Crippen LogP contribution is 2.32. The van der Waals surface area contributed by atoms with Crippen molar-refractivity contribution in [1.82, 2.24) is 4.98 Å². The Morgan fingerprint density at radius 3 is 2.75 bits per heavy atom. The Labute approximate surface area is 114 Å². The van der Waals surface area contributed by atoms with Crippen molar-refractivity contribution in [2.24, 2.45) is 11.7 Å². The van der Waals surface area contributed by atoms with Crippen LogP contribution in [0, 0.1) is 5.92 Å². The molecule has 0 spiro atoms. The number of alkyl halides is 3. The molecule has 20 heavy (non-hydrogen) atoms. The molecule has 0 aromatic carbocycles. The zero-order chi connectivity index (χ0) is 14.9. The first-order chi connectivity index (χ1) is 9.29. The maximum Gasteiger partial charge on any atom is 0.416 e. The van der Waals surface area contributed by atoms with Crippen molar-refractivity contribution in [3.8, 4) is 0 Å². The van der Waals surface area contributed by atoms with Gasteiger partial charge in [-0.15, -0.1) is 0 Å². The minimum atomic E-state index is -4.40. The topological polar surface area (TPSA) is 59.2 Å². The van der Waals surface area contributed by atoms with Crippen molar-refractivity contribution in [3.63, 3.8) is 0 Å². The number of halogens is 3. The average Bonchev–Trinajstić information content (AvgIpc) is 2.38. The monoisotopic (exact) mass is 287 g/mol. The summed E-state index contributed by atoms with van der Waals surface area (Å²) in [6.45, 7) is 2.21. The van der Waals surface area contributed by atoms with Crippen LogP contribution in [0.15, 0.2) is 18.3 Å². The molecule has 0 radical (unpaired) electrons. The van der Waals surface area contributed by atoms with Gasteiger partial charge in [0.05, 0.1) is 11.5 Å². The first-order valence-corrected chi connectivity index (χ1v) is 6.38. The Morgan fingerprint density at radius 1 is 1.45 bits per heavy atom. The fourth-order valence-corrected chi connectivity index (χ4v) is 2.41.